The van der Waals surface area contributed by atoms with Gasteiger partial charge in [-0.15, -0.1) is 11.3 Å². The van der Waals surface area contributed by atoms with E-state index in [1.165, 1.54) is 27.8 Å². The van der Waals surface area contributed by atoms with Crippen LogP contribution in [0.25, 0.3) is 0 Å². The fraction of sp³-hybridized carbons (Fsp3) is 0.385. The number of aromatic nitrogens is 1. The first-order valence-corrected chi connectivity index (χ1v) is 7.58. The zero-order valence-electron chi connectivity index (χ0n) is 9.53. The van der Waals surface area contributed by atoms with Gasteiger partial charge in [0.25, 0.3) is 0 Å². The van der Waals surface area contributed by atoms with Gasteiger partial charge in [0, 0.05) is 34.3 Å². The second-order valence-corrected chi connectivity index (χ2v) is 6.39. The number of hydrogen-bond acceptors (Lipinski definition) is 2. The molecule has 0 unspecified atom stereocenters. The van der Waals surface area contributed by atoms with E-state index in [2.05, 4.69) is 55.7 Å². The molecule has 0 atom stereocenters. The number of rotatable bonds is 5. The normalized spacial score (nSPS) is 15.4. The van der Waals surface area contributed by atoms with Crippen molar-refractivity contribution < 1.29 is 0 Å². The molecular formula is C13H15BrN2S. The van der Waals surface area contributed by atoms with E-state index in [4.69, 9.17) is 0 Å². The lowest BCUT2D eigenvalue weighted by atomic mass is 10.3. The first-order valence-electron chi connectivity index (χ1n) is 5.91. The largest absolute Gasteiger partial charge is 0.349 e. The van der Waals surface area contributed by atoms with Gasteiger partial charge in [-0.1, -0.05) is 0 Å². The van der Waals surface area contributed by atoms with Gasteiger partial charge >= 0.3 is 0 Å². The predicted molar refractivity (Wildman–Crippen MR) is 75.4 cm³/mol. The monoisotopic (exact) mass is 310 g/mol. The van der Waals surface area contributed by atoms with Crippen molar-refractivity contribution in [3.63, 3.8) is 0 Å². The Morgan fingerprint density at radius 1 is 1.41 bits per heavy atom. The summed E-state index contributed by atoms with van der Waals surface area (Å²) in [5, 5.41) is 5.66. The van der Waals surface area contributed by atoms with Crippen molar-refractivity contribution in [3.8, 4) is 0 Å². The lowest BCUT2D eigenvalue weighted by Crippen LogP contribution is -2.14. The molecule has 0 radical (unpaired) electrons. The highest BCUT2D eigenvalue weighted by Gasteiger charge is 2.19. The molecule has 1 aliphatic rings. The van der Waals surface area contributed by atoms with Gasteiger partial charge in [-0.2, -0.15) is 0 Å². The molecule has 2 nitrogen and oxygen atoms in total. The summed E-state index contributed by atoms with van der Waals surface area (Å²) in [6.07, 6.45) is 7.10. The minimum atomic E-state index is 0.782. The van der Waals surface area contributed by atoms with Crippen LogP contribution in [0.5, 0.6) is 0 Å². The van der Waals surface area contributed by atoms with Crippen LogP contribution in [-0.4, -0.2) is 10.6 Å². The zero-order chi connectivity index (χ0) is 11.7. The number of nitrogens with one attached hydrogen (secondary N) is 1. The van der Waals surface area contributed by atoms with Crippen LogP contribution in [0, 0.1) is 0 Å². The zero-order valence-corrected chi connectivity index (χ0v) is 11.9. The van der Waals surface area contributed by atoms with E-state index in [0.29, 0.717) is 0 Å². The van der Waals surface area contributed by atoms with Gasteiger partial charge < -0.3 is 9.88 Å². The Morgan fingerprint density at radius 2 is 2.29 bits per heavy atom. The van der Waals surface area contributed by atoms with Gasteiger partial charge in [-0.3, -0.25) is 0 Å². The van der Waals surface area contributed by atoms with E-state index in [1.54, 1.807) is 11.3 Å². The van der Waals surface area contributed by atoms with Crippen molar-refractivity contribution in [1.82, 2.24) is 9.88 Å². The number of thiophene rings is 1. The molecule has 3 rings (SSSR count). The van der Waals surface area contributed by atoms with E-state index in [-0.39, 0.29) is 0 Å². The Balaban J connectivity index is 1.61. The van der Waals surface area contributed by atoms with E-state index < -0.39 is 0 Å². The molecule has 1 saturated carbocycles. The molecule has 90 valence electrons. The highest BCUT2D eigenvalue weighted by molar-refractivity contribution is 9.10. The fourth-order valence-electron chi connectivity index (χ4n) is 1.85. The summed E-state index contributed by atoms with van der Waals surface area (Å²) in [7, 11) is 0. The summed E-state index contributed by atoms with van der Waals surface area (Å²) in [5.74, 6) is 0. The van der Waals surface area contributed by atoms with E-state index >= 15 is 0 Å². The van der Waals surface area contributed by atoms with Crippen molar-refractivity contribution in [3.05, 3.63) is 44.8 Å². The summed E-state index contributed by atoms with van der Waals surface area (Å²) >= 11 is 5.37. The average Bonchev–Trinajstić information content (AvgIpc) is 2.92. The molecule has 1 aliphatic carbocycles. The molecule has 0 amide bonds. The van der Waals surface area contributed by atoms with Crippen molar-refractivity contribution in [2.45, 2.75) is 32.0 Å². The second-order valence-electron chi connectivity index (χ2n) is 4.54. The standard InChI is InChI=1S/C13H15BrN2S/c14-12-4-6-17-13(12)9-16-5-3-10(8-16)7-15-11-1-2-11/h3-6,8,11,15H,1-2,7,9H2. The molecule has 2 heterocycles. The fourth-order valence-corrected chi connectivity index (χ4v) is 3.33. The van der Waals surface area contributed by atoms with Crippen LogP contribution in [0.4, 0.5) is 0 Å². The molecule has 1 N–H and O–H groups in total. The van der Waals surface area contributed by atoms with Gasteiger partial charge in [0.15, 0.2) is 0 Å². The van der Waals surface area contributed by atoms with Crippen LogP contribution in [-0.2, 0) is 13.1 Å². The number of nitrogens with zero attached hydrogens (tertiary/aromatic N) is 1. The molecule has 2 aromatic rings. The molecule has 0 bridgehead atoms. The summed E-state index contributed by atoms with van der Waals surface area (Å²) in [4.78, 5) is 1.38. The molecule has 0 spiro atoms. The van der Waals surface area contributed by atoms with Gasteiger partial charge in [0.2, 0.25) is 0 Å². The highest BCUT2D eigenvalue weighted by atomic mass is 79.9. The molecular weight excluding hydrogens is 296 g/mol. The maximum atomic E-state index is 3.57. The van der Waals surface area contributed by atoms with E-state index in [0.717, 1.165) is 19.1 Å². The maximum absolute atomic E-state index is 3.57. The van der Waals surface area contributed by atoms with Crippen LogP contribution in [0.15, 0.2) is 34.4 Å². The molecule has 17 heavy (non-hydrogen) atoms. The first-order chi connectivity index (χ1) is 8.31. The Morgan fingerprint density at radius 3 is 3.00 bits per heavy atom. The summed E-state index contributed by atoms with van der Waals surface area (Å²) in [6, 6.07) is 5.10. The smallest absolute Gasteiger partial charge is 0.0574 e. The Kier molecular flexibility index (Phi) is 3.36. The Bertz CT molecular complexity index is 499. The van der Waals surface area contributed by atoms with Crippen molar-refractivity contribution >= 4 is 27.3 Å². The summed E-state index contributed by atoms with van der Waals surface area (Å²) in [6.45, 7) is 1.96. The Labute approximate surface area is 114 Å². The third-order valence-electron chi connectivity index (χ3n) is 3.00. The van der Waals surface area contributed by atoms with Crippen molar-refractivity contribution in [2.24, 2.45) is 0 Å². The lowest BCUT2D eigenvalue weighted by Gasteiger charge is -2.02. The van der Waals surface area contributed by atoms with Crippen LogP contribution in [0.1, 0.15) is 23.3 Å². The Hall–Kier alpha value is -0.580. The summed E-state index contributed by atoms with van der Waals surface area (Å²) < 4.78 is 3.47. The molecule has 0 aliphatic heterocycles. The van der Waals surface area contributed by atoms with Crippen LogP contribution in [0.2, 0.25) is 0 Å². The van der Waals surface area contributed by atoms with Crippen LogP contribution in [0.3, 0.4) is 0 Å². The predicted octanol–water partition coefficient (Wildman–Crippen LogP) is 3.61. The van der Waals surface area contributed by atoms with Crippen LogP contribution < -0.4 is 5.32 Å². The molecule has 0 aromatic carbocycles. The minimum absolute atomic E-state index is 0.782. The topological polar surface area (TPSA) is 17.0 Å². The number of halogens is 1. The molecule has 0 saturated heterocycles. The van der Waals surface area contributed by atoms with E-state index in [9.17, 15) is 0 Å². The van der Waals surface area contributed by atoms with E-state index in [1.807, 2.05) is 0 Å². The lowest BCUT2D eigenvalue weighted by molar-refractivity contribution is 0.685. The summed E-state index contributed by atoms with van der Waals surface area (Å²) in [5.41, 5.74) is 1.38. The molecule has 2 aromatic heterocycles. The average molecular weight is 311 g/mol. The van der Waals surface area contributed by atoms with Crippen molar-refractivity contribution in [2.75, 3.05) is 0 Å². The third-order valence-corrected chi connectivity index (χ3v) is 4.91. The van der Waals surface area contributed by atoms with Crippen LogP contribution >= 0.6 is 27.3 Å². The SMILES string of the molecule is Brc1ccsc1Cn1ccc(CNC2CC2)c1. The van der Waals surface area contributed by atoms with Gasteiger partial charge in [0.05, 0.1) is 6.54 Å². The maximum Gasteiger partial charge on any atom is 0.0574 e. The molecule has 1 fully saturated rings. The second kappa shape index (κ2) is 4.96. The third kappa shape index (κ3) is 3.00. The number of hydrogen-bond donors (Lipinski definition) is 1. The highest BCUT2D eigenvalue weighted by Crippen LogP contribution is 2.24. The quantitative estimate of drug-likeness (QED) is 0.892. The van der Waals surface area contributed by atoms with Gasteiger partial charge in [-0.25, -0.2) is 0 Å². The minimum Gasteiger partial charge on any atom is -0.349 e. The van der Waals surface area contributed by atoms with Gasteiger partial charge in [-0.05, 0) is 51.8 Å². The molecule has 4 heteroatoms. The van der Waals surface area contributed by atoms with Gasteiger partial charge in [0.1, 0.15) is 0 Å². The first kappa shape index (κ1) is 11.5. The van der Waals surface area contributed by atoms with Crippen molar-refractivity contribution in [1.29, 1.82) is 0 Å².